The van der Waals surface area contributed by atoms with E-state index in [4.69, 9.17) is 9.68 Å². The fraction of sp³-hybridized carbons (Fsp3) is 0.632. The van der Waals surface area contributed by atoms with Crippen molar-refractivity contribution in [3.8, 4) is 0 Å². The first-order chi connectivity index (χ1) is 14.7. The summed E-state index contributed by atoms with van der Waals surface area (Å²) >= 11 is 0. The van der Waals surface area contributed by atoms with Crippen LogP contribution in [0.5, 0.6) is 0 Å². The highest BCUT2D eigenvalue weighted by Gasteiger charge is 2.38. The lowest BCUT2D eigenvalue weighted by molar-refractivity contribution is -0.415. The summed E-state index contributed by atoms with van der Waals surface area (Å²) in [7, 11) is 0. The number of ether oxygens (including phenoxy) is 1. The standard InChI is InChI=1S/C19H30N6O6/c1-19(2,3)30-18(27)22-10-6-4-5-7-15(26)21-12-11-20-13-8-9-14(25(28)29)17-16(13)23-31-24-17/h8-9,16,20,23H,4-7,10-12H2,1-3H3,(H,21,26)(H,22,27). The van der Waals surface area contributed by atoms with Gasteiger partial charge in [0.2, 0.25) is 5.91 Å². The third-order valence-corrected chi connectivity index (χ3v) is 4.30. The monoisotopic (exact) mass is 438 g/mol. The molecular weight excluding hydrogens is 408 g/mol. The average molecular weight is 438 g/mol. The van der Waals surface area contributed by atoms with Crippen LogP contribution in [-0.2, 0) is 14.5 Å². The average Bonchev–Trinajstić information content (AvgIpc) is 3.16. The van der Waals surface area contributed by atoms with Crippen LogP contribution in [0.15, 0.2) is 28.7 Å². The Morgan fingerprint density at radius 1 is 1.19 bits per heavy atom. The minimum absolute atomic E-state index is 0.0559. The molecule has 0 fully saturated rings. The SMILES string of the molecule is CC(C)(C)OC(=O)NCCCCCC(=O)NCCNC1=CC=C([N+](=O)[O-])C2=NONC12. The molecule has 12 nitrogen and oxygen atoms in total. The van der Waals surface area contributed by atoms with E-state index in [9.17, 15) is 19.7 Å². The van der Waals surface area contributed by atoms with Crippen LogP contribution in [0.25, 0.3) is 0 Å². The minimum atomic E-state index is -0.532. The smallest absolute Gasteiger partial charge is 0.407 e. The molecule has 0 aromatic heterocycles. The second-order valence-electron chi connectivity index (χ2n) is 8.07. The van der Waals surface area contributed by atoms with Gasteiger partial charge in [0, 0.05) is 37.8 Å². The van der Waals surface area contributed by atoms with E-state index in [0.717, 1.165) is 19.3 Å². The van der Waals surface area contributed by atoms with Crippen LogP contribution in [0.4, 0.5) is 4.79 Å². The number of hydroxylamine groups is 1. The first-order valence-corrected chi connectivity index (χ1v) is 10.2. The Bertz CT molecular complexity index is 770. The maximum atomic E-state index is 11.9. The van der Waals surface area contributed by atoms with E-state index >= 15 is 0 Å². The van der Waals surface area contributed by atoms with Gasteiger partial charge in [-0.25, -0.2) is 4.79 Å². The number of nitrogens with one attached hydrogen (secondary N) is 4. The van der Waals surface area contributed by atoms with Crippen LogP contribution in [0.2, 0.25) is 0 Å². The van der Waals surface area contributed by atoms with Gasteiger partial charge in [-0.15, -0.1) is 5.48 Å². The lowest BCUT2D eigenvalue weighted by Crippen LogP contribution is -2.42. The third-order valence-electron chi connectivity index (χ3n) is 4.30. The highest BCUT2D eigenvalue weighted by atomic mass is 16.8. The largest absolute Gasteiger partial charge is 0.444 e. The number of hydrogen-bond acceptors (Lipinski definition) is 9. The Labute approximate surface area is 180 Å². The first-order valence-electron chi connectivity index (χ1n) is 10.2. The fourth-order valence-electron chi connectivity index (χ4n) is 2.90. The number of carbonyl (C=O) groups is 2. The summed E-state index contributed by atoms with van der Waals surface area (Å²) in [6.07, 6.45) is 5.23. The Hall–Kier alpha value is -3.15. The molecule has 0 aromatic carbocycles. The normalized spacial score (nSPS) is 17.4. The number of unbranched alkanes of at least 4 members (excludes halogenated alkanes) is 2. The molecule has 12 heteroatoms. The Morgan fingerprint density at radius 3 is 2.68 bits per heavy atom. The number of alkyl carbamates (subject to hydrolysis) is 1. The van der Waals surface area contributed by atoms with Crippen LogP contribution in [0.3, 0.4) is 0 Å². The predicted octanol–water partition coefficient (Wildman–Crippen LogP) is 1.09. The quantitative estimate of drug-likeness (QED) is 0.212. The number of oxime groups is 1. The summed E-state index contributed by atoms with van der Waals surface area (Å²) in [5.74, 6) is -0.0559. The molecule has 0 aromatic rings. The van der Waals surface area contributed by atoms with Crippen LogP contribution in [-0.4, -0.2) is 53.9 Å². The van der Waals surface area contributed by atoms with Gasteiger partial charge in [0.25, 0.3) is 5.70 Å². The van der Waals surface area contributed by atoms with Gasteiger partial charge in [-0.2, -0.15) is 0 Å². The van der Waals surface area contributed by atoms with Crippen LogP contribution >= 0.6 is 0 Å². The number of nitrogens with zero attached hydrogens (tertiary/aromatic N) is 2. The molecule has 2 rings (SSSR count). The van der Waals surface area contributed by atoms with E-state index in [1.54, 1.807) is 6.08 Å². The second kappa shape index (κ2) is 11.3. The van der Waals surface area contributed by atoms with Crippen molar-refractivity contribution in [1.82, 2.24) is 21.4 Å². The molecule has 2 amide bonds. The van der Waals surface area contributed by atoms with Crippen molar-refractivity contribution in [3.63, 3.8) is 0 Å². The zero-order valence-electron chi connectivity index (χ0n) is 18.0. The molecule has 172 valence electrons. The molecule has 4 N–H and O–H groups in total. The third kappa shape index (κ3) is 8.24. The van der Waals surface area contributed by atoms with Crippen molar-refractivity contribution in [2.24, 2.45) is 5.16 Å². The van der Waals surface area contributed by atoms with Gasteiger partial charge in [-0.1, -0.05) is 11.6 Å². The van der Waals surface area contributed by atoms with Crippen LogP contribution < -0.4 is 21.4 Å². The Kier molecular flexibility index (Phi) is 8.79. The number of allylic oxidation sites excluding steroid dienone is 2. The maximum absolute atomic E-state index is 11.9. The van der Waals surface area contributed by atoms with E-state index in [-0.39, 0.29) is 17.3 Å². The summed E-state index contributed by atoms with van der Waals surface area (Å²) in [6.45, 7) is 6.78. The van der Waals surface area contributed by atoms with Gasteiger partial charge in [0.1, 0.15) is 11.6 Å². The molecule has 31 heavy (non-hydrogen) atoms. The highest BCUT2D eigenvalue weighted by Crippen LogP contribution is 2.19. The fourth-order valence-corrected chi connectivity index (χ4v) is 2.90. The summed E-state index contributed by atoms with van der Waals surface area (Å²) < 4.78 is 5.15. The number of hydrogen-bond donors (Lipinski definition) is 4. The molecule has 0 spiro atoms. The lowest BCUT2D eigenvalue weighted by Gasteiger charge is -2.19. The van der Waals surface area contributed by atoms with Crippen molar-refractivity contribution in [2.75, 3.05) is 19.6 Å². The summed E-state index contributed by atoms with van der Waals surface area (Å²) in [6, 6.07) is -0.532. The molecule has 2 aliphatic rings. The number of amides is 2. The second-order valence-corrected chi connectivity index (χ2v) is 8.07. The van der Waals surface area contributed by atoms with E-state index in [2.05, 4.69) is 26.6 Å². The molecular formula is C19H30N6O6. The molecule has 0 saturated heterocycles. The van der Waals surface area contributed by atoms with Gasteiger partial charge in [-0.05, 0) is 39.7 Å². The van der Waals surface area contributed by atoms with Gasteiger partial charge >= 0.3 is 6.09 Å². The van der Waals surface area contributed by atoms with Crippen molar-refractivity contribution in [3.05, 3.63) is 33.7 Å². The summed E-state index contributed by atoms with van der Waals surface area (Å²) in [4.78, 5) is 38.7. The van der Waals surface area contributed by atoms with Crippen LogP contribution in [0.1, 0.15) is 46.5 Å². The van der Waals surface area contributed by atoms with Gasteiger partial charge in [0.15, 0.2) is 5.71 Å². The number of rotatable bonds is 11. The highest BCUT2D eigenvalue weighted by molar-refractivity contribution is 6.05. The molecule has 0 saturated carbocycles. The van der Waals surface area contributed by atoms with Gasteiger partial charge in [0.05, 0.1) is 4.92 Å². The molecule has 0 radical (unpaired) electrons. The molecule has 1 unspecified atom stereocenters. The van der Waals surface area contributed by atoms with Gasteiger partial charge < -0.3 is 20.7 Å². The first kappa shape index (κ1) is 24.1. The molecule has 1 aliphatic carbocycles. The van der Waals surface area contributed by atoms with E-state index in [1.807, 2.05) is 20.8 Å². The Balaban J connectivity index is 1.54. The summed E-state index contributed by atoms with van der Waals surface area (Å²) in [5, 5.41) is 23.3. The molecule has 1 heterocycles. The molecule has 1 atom stereocenters. The van der Waals surface area contributed by atoms with Gasteiger partial charge in [-0.3, -0.25) is 19.8 Å². The van der Waals surface area contributed by atoms with Crippen molar-refractivity contribution < 1.29 is 24.2 Å². The minimum Gasteiger partial charge on any atom is -0.444 e. The maximum Gasteiger partial charge on any atom is 0.407 e. The predicted molar refractivity (Wildman–Crippen MR) is 112 cm³/mol. The zero-order valence-corrected chi connectivity index (χ0v) is 18.0. The Morgan fingerprint density at radius 2 is 1.97 bits per heavy atom. The van der Waals surface area contributed by atoms with Crippen molar-refractivity contribution >= 4 is 17.7 Å². The zero-order chi connectivity index (χ0) is 22.9. The van der Waals surface area contributed by atoms with Crippen molar-refractivity contribution in [2.45, 2.75) is 58.1 Å². The number of carbonyl (C=O) groups excluding carboxylic acids is 2. The van der Waals surface area contributed by atoms with Crippen molar-refractivity contribution in [1.29, 1.82) is 0 Å². The molecule has 0 bridgehead atoms. The van der Waals surface area contributed by atoms with E-state index in [0.29, 0.717) is 31.8 Å². The van der Waals surface area contributed by atoms with E-state index < -0.39 is 22.7 Å². The molecule has 1 aliphatic heterocycles. The van der Waals surface area contributed by atoms with Crippen LogP contribution in [0, 0.1) is 10.1 Å². The lowest BCUT2D eigenvalue weighted by atomic mass is 10.0. The number of nitro groups is 1. The number of fused-ring (bicyclic) bond motifs is 1. The van der Waals surface area contributed by atoms with E-state index in [1.165, 1.54) is 6.08 Å². The topological polar surface area (TPSA) is 156 Å². The summed E-state index contributed by atoms with van der Waals surface area (Å²) in [5.41, 5.74) is 2.85.